The number of fused-ring (bicyclic) bond motifs is 1. The van der Waals surface area contributed by atoms with E-state index in [1.54, 1.807) is 6.20 Å². The summed E-state index contributed by atoms with van der Waals surface area (Å²) in [5.74, 6) is 0. The zero-order chi connectivity index (χ0) is 11.9. The van der Waals surface area contributed by atoms with Crippen molar-refractivity contribution < 1.29 is 4.39 Å². The number of hydrogen-bond donors (Lipinski definition) is 1. The van der Waals surface area contributed by atoms with Crippen molar-refractivity contribution in [2.24, 2.45) is 0 Å². The molecule has 0 saturated carbocycles. The topological polar surface area (TPSA) is 46.4 Å². The highest BCUT2D eigenvalue weighted by Gasteiger charge is 2.35. The van der Waals surface area contributed by atoms with Crippen molar-refractivity contribution >= 4 is 16.3 Å². The smallest absolute Gasteiger partial charge is 0.258 e. The van der Waals surface area contributed by atoms with E-state index >= 15 is 0 Å². The summed E-state index contributed by atoms with van der Waals surface area (Å²) in [6.07, 6.45) is 3.97. The van der Waals surface area contributed by atoms with Gasteiger partial charge in [0.05, 0.1) is 4.88 Å². The van der Waals surface area contributed by atoms with Gasteiger partial charge in [0, 0.05) is 18.5 Å². The number of piperidine rings is 1. The zero-order valence-electron chi connectivity index (χ0n) is 9.15. The van der Waals surface area contributed by atoms with E-state index in [0.717, 1.165) is 0 Å². The average molecular weight is 253 g/mol. The molecular formula is C11H12FN3OS. The molecule has 2 aromatic rings. The molecule has 3 rings (SSSR count). The molecule has 0 amide bonds. The second-order valence-electron chi connectivity index (χ2n) is 4.25. The van der Waals surface area contributed by atoms with Gasteiger partial charge >= 0.3 is 0 Å². The number of thiazole rings is 1. The van der Waals surface area contributed by atoms with Crippen LogP contribution < -0.4 is 10.9 Å². The molecule has 17 heavy (non-hydrogen) atoms. The third-order valence-electron chi connectivity index (χ3n) is 3.13. The Morgan fingerprint density at radius 2 is 2.24 bits per heavy atom. The molecule has 3 heterocycles. The highest BCUT2D eigenvalue weighted by Crippen LogP contribution is 2.38. The molecule has 0 unspecified atom stereocenters. The minimum absolute atomic E-state index is 0.157. The normalized spacial score (nSPS) is 19.6. The van der Waals surface area contributed by atoms with E-state index in [9.17, 15) is 9.18 Å². The first kappa shape index (κ1) is 10.9. The molecule has 0 aliphatic carbocycles. The summed E-state index contributed by atoms with van der Waals surface area (Å²) in [7, 11) is 0. The van der Waals surface area contributed by atoms with Gasteiger partial charge in [-0.15, -0.1) is 0 Å². The lowest BCUT2D eigenvalue weighted by Crippen LogP contribution is -2.36. The van der Waals surface area contributed by atoms with E-state index in [0.29, 0.717) is 35.8 Å². The molecule has 2 aromatic heterocycles. The highest BCUT2D eigenvalue weighted by molar-refractivity contribution is 7.17. The molecule has 0 bridgehead atoms. The Kier molecular flexibility index (Phi) is 2.48. The van der Waals surface area contributed by atoms with E-state index in [1.165, 1.54) is 28.0 Å². The molecule has 0 spiro atoms. The van der Waals surface area contributed by atoms with Gasteiger partial charge in [0.25, 0.3) is 5.56 Å². The minimum atomic E-state index is -1.31. The lowest BCUT2D eigenvalue weighted by atomic mass is 9.93. The number of rotatable bonds is 1. The third-order valence-corrected chi connectivity index (χ3v) is 4.31. The van der Waals surface area contributed by atoms with Gasteiger partial charge in [-0.05, 0) is 25.9 Å². The third kappa shape index (κ3) is 1.77. The number of halogens is 1. The van der Waals surface area contributed by atoms with E-state index in [-0.39, 0.29) is 5.56 Å². The lowest BCUT2D eigenvalue weighted by Gasteiger charge is -2.28. The maximum Gasteiger partial charge on any atom is 0.258 e. The maximum absolute atomic E-state index is 14.7. The number of aromatic nitrogens is 2. The number of hydrogen-bond acceptors (Lipinski definition) is 4. The van der Waals surface area contributed by atoms with E-state index in [2.05, 4.69) is 10.3 Å². The lowest BCUT2D eigenvalue weighted by molar-refractivity contribution is 0.119. The van der Waals surface area contributed by atoms with Crippen molar-refractivity contribution in [1.82, 2.24) is 14.7 Å². The van der Waals surface area contributed by atoms with Gasteiger partial charge in [-0.25, -0.2) is 9.37 Å². The summed E-state index contributed by atoms with van der Waals surface area (Å²) in [5, 5.41) is 3.14. The van der Waals surface area contributed by atoms with Crippen LogP contribution in [0.3, 0.4) is 0 Å². The Labute approximate surface area is 101 Å². The Hall–Kier alpha value is -1.27. The van der Waals surface area contributed by atoms with Crippen LogP contribution in [0.1, 0.15) is 17.7 Å². The van der Waals surface area contributed by atoms with Gasteiger partial charge in [-0.3, -0.25) is 9.20 Å². The van der Waals surface area contributed by atoms with Crippen LogP contribution >= 0.6 is 11.3 Å². The predicted molar refractivity (Wildman–Crippen MR) is 64.2 cm³/mol. The van der Waals surface area contributed by atoms with E-state index in [1.807, 2.05) is 0 Å². The summed E-state index contributed by atoms with van der Waals surface area (Å²) < 4.78 is 16.1. The van der Waals surface area contributed by atoms with Crippen LogP contribution in [0.4, 0.5) is 4.39 Å². The molecule has 0 radical (unpaired) electrons. The second kappa shape index (κ2) is 3.89. The number of nitrogens with one attached hydrogen (secondary N) is 1. The number of alkyl halides is 1. The van der Waals surface area contributed by atoms with Crippen molar-refractivity contribution in [1.29, 1.82) is 0 Å². The fourth-order valence-corrected chi connectivity index (χ4v) is 3.21. The van der Waals surface area contributed by atoms with E-state index in [4.69, 9.17) is 0 Å². The molecule has 1 saturated heterocycles. The maximum atomic E-state index is 14.7. The van der Waals surface area contributed by atoms with Gasteiger partial charge in [-0.1, -0.05) is 11.3 Å². The summed E-state index contributed by atoms with van der Waals surface area (Å²) in [5.41, 5.74) is -1.47. The van der Waals surface area contributed by atoms with Crippen LogP contribution in [-0.2, 0) is 5.67 Å². The van der Waals surface area contributed by atoms with Crippen LogP contribution in [-0.4, -0.2) is 22.5 Å². The van der Waals surface area contributed by atoms with Crippen LogP contribution in [0.5, 0.6) is 0 Å². The van der Waals surface area contributed by atoms with Crippen molar-refractivity contribution in [2.45, 2.75) is 18.5 Å². The molecule has 6 heteroatoms. The standard InChI is InChI=1S/C11H12FN3OS/c12-11(2-5-13-6-3-11)8-7-15-9(16)1-4-14-10(15)17-8/h1,4,7,13H,2-3,5-6H2. The molecule has 1 aliphatic heterocycles. The van der Waals surface area contributed by atoms with Crippen molar-refractivity contribution in [3.05, 3.63) is 33.7 Å². The molecular weight excluding hydrogens is 241 g/mol. The van der Waals surface area contributed by atoms with Crippen molar-refractivity contribution in [3.63, 3.8) is 0 Å². The van der Waals surface area contributed by atoms with Crippen molar-refractivity contribution in [2.75, 3.05) is 13.1 Å². The second-order valence-corrected chi connectivity index (χ2v) is 5.26. The molecule has 4 nitrogen and oxygen atoms in total. The highest BCUT2D eigenvalue weighted by atomic mass is 32.1. The largest absolute Gasteiger partial charge is 0.316 e. The quantitative estimate of drug-likeness (QED) is 0.833. The van der Waals surface area contributed by atoms with Crippen LogP contribution in [0.15, 0.2) is 23.3 Å². The summed E-state index contributed by atoms with van der Waals surface area (Å²) in [6, 6.07) is 1.39. The minimum Gasteiger partial charge on any atom is -0.316 e. The van der Waals surface area contributed by atoms with Crippen LogP contribution in [0.25, 0.3) is 4.96 Å². The number of nitrogens with zero attached hydrogens (tertiary/aromatic N) is 2. The van der Waals surface area contributed by atoms with E-state index < -0.39 is 5.67 Å². The van der Waals surface area contributed by atoms with Gasteiger partial charge in [0.2, 0.25) is 0 Å². The predicted octanol–water partition coefficient (Wildman–Crippen LogP) is 1.30. The van der Waals surface area contributed by atoms with Crippen molar-refractivity contribution in [3.8, 4) is 0 Å². The summed E-state index contributed by atoms with van der Waals surface area (Å²) in [4.78, 5) is 16.8. The van der Waals surface area contributed by atoms with Crippen LogP contribution in [0, 0.1) is 0 Å². The fourth-order valence-electron chi connectivity index (χ4n) is 2.11. The SMILES string of the molecule is O=c1ccnc2sc(C3(F)CCNCC3)cn12. The first-order chi connectivity index (χ1) is 8.19. The Balaban J connectivity index is 2.11. The van der Waals surface area contributed by atoms with Crippen LogP contribution in [0.2, 0.25) is 0 Å². The van der Waals surface area contributed by atoms with Gasteiger partial charge in [0.15, 0.2) is 4.96 Å². The molecule has 0 atom stereocenters. The first-order valence-corrected chi connectivity index (χ1v) is 6.38. The van der Waals surface area contributed by atoms with Gasteiger partial charge in [0.1, 0.15) is 5.67 Å². The summed E-state index contributed by atoms with van der Waals surface area (Å²) >= 11 is 1.27. The molecule has 1 fully saturated rings. The fraction of sp³-hybridized carbons (Fsp3) is 0.455. The molecule has 0 aromatic carbocycles. The first-order valence-electron chi connectivity index (χ1n) is 5.56. The van der Waals surface area contributed by atoms with Gasteiger partial charge in [-0.2, -0.15) is 0 Å². The monoisotopic (exact) mass is 253 g/mol. The Morgan fingerprint density at radius 1 is 1.47 bits per heavy atom. The Bertz CT molecular complexity index is 600. The zero-order valence-corrected chi connectivity index (χ0v) is 9.97. The summed E-state index contributed by atoms with van der Waals surface area (Å²) in [6.45, 7) is 1.35. The average Bonchev–Trinajstić information content (AvgIpc) is 2.76. The molecule has 1 N–H and O–H groups in total. The molecule has 1 aliphatic rings. The Morgan fingerprint density at radius 3 is 2.94 bits per heavy atom. The molecule has 90 valence electrons. The van der Waals surface area contributed by atoms with Gasteiger partial charge < -0.3 is 5.32 Å².